The summed E-state index contributed by atoms with van der Waals surface area (Å²) in [5.74, 6) is -0.961. The Kier molecular flexibility index (Phi) is 16.6. The van der Waals surface area contributed by atoms with Crippen LogP contribution >= 0.6 is 0 Å². The van der Waals surface area contributed by atoms with Crippen molar-refractivity contribution in [3.05, 3.63) is 0 Å². The molecule has 10 heteroatoms. The molecule has 0 aromatic rings. The lowest BCUT2D eigenvalue weighted by molar-refractivity contribution is -0.157. The molecule has 0 radical (unpaired) electrons. The summed E-state index contributed by atoms with van der Waals surface area (Å²) in [4.78, 5) is 57.5. The van der Waals surface area contributed by atoms with Gasteiger partial charge in [0.05, 0.1) is 19.8 Å². The Hall–Kier alpha value is -2.33. The molecular weight excluding hydrogens is 446 g/mol. The van der Waals surface area contributed by atoms with Crippen molar-refractivity contribution in [1.82, 2.24) is 5.32 Å². The fourth-order valence-electron chi connectivity index (χ4n) is 3.30. The van der Waals surface area contributed by atoms with Crippen LogP contribution in [-0.4, -0.2) is 75.1 Å². The van der Waals surface area contributed by atoms with Crippen molar-refractivity contribution in [2.45, 2.75) is 83.7 Å². The van der Waals surface area contributed by atoms with Crippen molar-refractivity contribution in [2.24, 2.45) is 0 Å². The Morgan fingerprint density at radius 1 is 0.794 bits per heavy atom. The number of rotatable bonds is 20. The van der Waals surface area contributed by atoms with E-state index in [1.165, 1.54) is 0 Å². The average molecular weight is 486 g/mol. The summed E-state index contributed by atoms with van der Waals surface area (Å²) in [5, 5.41) is 2.66. The third-order valence-corrected chi connectivity index (χ3v) is 5.16. The van der Waals surface area contributed by atoms with Crippen molar-refractivity contribution < 1.29 is 42.9 Å². The lowest BCUT2D eigenvalue weighted by Crippen LogP contribution is -2.28. The highest BCUT2D eigenvalue weighted by Crippen LogP contribution is 2.15. The number of carbonyl (C=O) groups excluding carboxylic acids is 5. The van der Waals surface area contributed by atoms with E-state index in [0.29, 0.717) is 58.8 Å². The molecular formula is C24H39NO9. The van der Waals surface area contributed by atoms with Crippen molar-refractivity contribution in [3.63, 3.8) is 0 Å². The van der Waals surface area contributed by atoms with E-state index in [9.17, 15) is 24.0 Å². The molecule has 1 saturated carbocycles. The number of Topliss-reactive ketones (excluding diaryl/α,β-unsaturated/α-hetero) is 3. The maximum absolute atomic E-state index is 11.9. The second-order valence-electron chi connectivity index (χ2n) is 8.08. The number of alkyl carbamates (subject to hydrolysis) is 1. The molecule has 0 atom stereocenters. The maximum Gasteiger partial charge on any atom is 0.407 e. The average Bonchev–Trinajstić information content (AvgIpc) is 3.11. The zero-order valence-electron chi connectivity index (χ0n) is 20.3. The summed E-state index contributed by atoms with van der Waals surface area (Å²) in [6.07, 6.45) is 4.48. The van der Waals surface area contributed by atoms with Crippen molar-refractivity contribution in [3.8, 4) is 0 Å². The smallest absolute Gasteiger partial charge is 0.407 e. The third-order valence-electron chi connectivity index (χ3n) is 5.16. The normalized spacial score (nSPS) is 13.8. The number of esters is 1. The Bertz CT molecular complexity index is 634. The molecule has 1 fully saturated rings. The van der Waals surface area contributed by atoms with Gasteiger partial charge in [-0.3, -0.25) is 19.2 Å². The van der Waals surface area contributed by atoms with E-state index in [1.54, 1.807) is 6.92 Å². The molecule has 1 N–H and O–H groups in total. The topological polar surface area (TPSA) is 134 Å². The van der Waals surface area contributed by atoms with E-state index in [2.05, 4.69) is 5.32 Å². The summed E-state index contributed by atoms with van der Waals surface area (Å²) < 4.78 is 20.6. The van der Waals surface area contributed by atoms with Crippen LogP contribution in [0.25, 0.3) is 0 Å². The molecule has 194 valence electrons. The lowest BCUT2D eigenvalue weighted by atomic mass is 10.1. The van der Waals surface area contributed by atoms with Gasteiger partial charge in [0.1, 0.15) is 5.78 Å². The van der Waals surface area contributed by atoms with Crippen molar-refractivity contribution in [2.75, 3.05) is 39.6 Å². The van der Waals surface area contributed by atoms with Crippen LogP contribution in [0.15, 0.2) is 0 Å². The molecule has 0 heterocycles. The highest BCUT2D eigenvalue weighted by atomic mass is 16.6. The molecule has 1 aliphatic rings. The van der Waals surface area contributed by atoms with Crippen LogP contribution in [-0.2, 0) is 38.1 Å². The Morgan fingerprint density at radius 3 is 2.06 bits per heavy atom. The van der Waals surface area contributed by atoms with Gasteiger partial charge in [-0.25, -0.2) is 4.79 Å². The van der Waals surface area contributed by atoms with Crippen LogP contribution in [0.3, 0.4) is 0 Å². The van der Waals surface area contributed by atoms with Gasteiger partial charge < -0.3 is 24.3 Å². The first-order valence-corrected chi connectivity index (χ1v) is 12.3. The van der Waals surface area contributed by atoms with Crippen LogP contribution in [0.1, 0.15) is 77.6 Å². The van der Waals surface area contributed by atoms with Crippen molar-refractivity contribution >= 4 is 29.4 Å². The summed E-state index contributed by atoms with van der Waals surface area (Å²) >= 11 is 0. The van der Waals surface area contributed by atoms with E-state index in [0.717, 1.165) is 32.1 Å². The molecule has 0 saturated heterocycles. The van der Waals surface area contributed by atoms with Gasteiger partial charge >= 0.3 is 12.1 Å². The molecule has 0 spiro atoms. The minimum atomic E-state index is -1.20. The third kappa shape index (κ3) is 14.7. The Morgan fingerprint density at radius 2 is 1.41 bits per heavy atom. The zero-order chi connectivity index (χ0) is 25.0. The number of ether oxygens (including phenoxy) is 4. The summed E-state index contributed by atoms with van der Waals surface area (Å²) in [7, 11) is 0. The molecule has 0 aromatic carbocycles. The maximum atomic E-state index is 11.9. The quantitative estimate of drug-likeness (QED) is 0.157. The van der Waals surface area contributed by atoms with Crippen LogP contribution in [0.2, 0.25) is 0 Å². The summed E-state index contributed by atoms with van der Waals surface area (Å²) in [6.45, 7) is 4.43. The number of carbonyl (C=O) groups is 5. The predicted octanol–water partition coefficient (Wildman–Crippen LogP) is 2.69. The van der Waals surface area contributed by atoms with Crippen LogP contribution in [0.4, 0.5) is 4.79 Å². The van der Waals surface area contributed by atoms with Crippen LogP contribution in [0.5, 0.6) is 0 Å². The molecule has 0 unspecified atom stereocenters. The van der Waals surface area contributed by atoms with Gasteiger partial charge in [0.25, 0.3) is 0 Å². The van der Waals surface area contributed by atoms with Gasteiger partial charge in [-0.15, -0.1) is 0 Å². The number of hydrogen-bond donors (Lipinski definition) is 1. The van der Waals surface area contributed by atoms with E-state index >= 15 is 0 Å². The number of unbranched alkanes of at least 4 members (excludes halogenated alkanes) is 3. The number of nitrogens with one attached hydrogen (secondary N) is 1. The molecule has 34 heavy (non-hydrogen) atoms. The summed E-state index contributed by atoms with van der Waals surface area (Å²) in [6, 6.07) is 0. The minimum Gasteiger partial charge on any atom is -0.450 e. The Labute approximate surface area is 201 Å². The fourth-order valence-corrected chi connectivity index (χ4v) is 3.30. The number of hydrogen-bond acceptors (Lipinski definition) is 9. The molecule has 1 rings (SSSR count). The molecule has 1 aliphatic carbocycles. The fraction of sp³-hybridized carbons (Fsp3) is 0.792. The van der Waals surface area contributed by atoms with E-state index in [4.69, 9.17) is 18.9 Å². The molecule has 1 amide bonds. The Balaban J connectivity index is 1.82. The largest absolute Gasteiger partial charge is 0.450 e. The first-order valence-electron chi connectivity index (χ1n) is 12.3. The monoisotopic (exact) mass is 485 g/mol. The first-order chi connectivity index (χ1) is 16.4. The standard InChI is InChI=1S/C24H39NO9/c1-2-33-24(30)25-14-6-3-4-9-19(26)10-5-7-15-31-17-18-32-16-8-11-22(29)34-23-20(27)12-13-21(23)28/h23H,2-18H2,1H3,(H,25,30). The number of amides is 1. The predicted molar refractivity (Wildman–Crippen MR) is 122 cm³/mol. The highest BCUT2D eigenvalue weighted by Gasteiger charge is 2.35. The van der Waals surface area contributed by atoms with Gasteiger partial charge in [-0.2, -0.15) is 0 Å². The van der Waals surface area contributed by atoms with E-state index in [-0.39, 0.29) is 36.6 Å². The lowest BCUT2D eigenvalue weighted by Gasteiger charge is -2.09. The van der Waals surface area contributed by atoms with Gasteiger partial charge in [0, 0.05) is 51.9 Å². The first kappa shape index (κ1) is 29.7. The molecule has 0 aromatic heterocycles. The van der Waals surface area contributed by atoms with Gasteiger partial charge in [0.15, 0.2) is 11.6 Å². The van der Waals surface area contributed by atoms with Gasteiger partial charge in [-0.05, 0) is 39.0 Å². The summed E-state index contributed by atoms with van der Waals surface area (Å²) in [5.41, 5.74) is 0. The molecule has 10 nitrogen and oxygen atoms in total. The van der Waals surface area contributed by atoms with Crippen LogP contribution in [0, 0.1) is 0 Å². The van der Waals surface area contributed by atoms with Gasteiger partial charge in [-0.1, -0.05) is 6.42 Å². The SMILES string of the molecule is CCOC(=O)NCCCCCC(=O)CCCCOCCOCCCC(=O)OC1C(=O)CCC1=O. The van der Waals surface area contributed by atoms with E-state index in [1.807, 2.05) is 0 Å². The van der Waals surface area contributed by atoms with Crippen LogP contribution < -0.4 is 5.32 Å². The number of ketones is 3. The zero-order valence-corrected chi connectivity index (χ0v) is 20.3. The highest BCUT2D eigenvalue weighted by molar-refractivity contribution is 6.12. The van der Waals surface area contributed by atoms with E-state index < -0.39 is 18.2 Å². The second-order valence-corrected chi connectivity index (χ2v) is 8.08. The molecule has 0 aliphatic heterocycles. The minimum absolute atomic E-state index is 0.0937. The van der Waals surface area contributed by atoms with Gasteiger partial charge in [0.2, 0.25) is 6.10 Å². The second kappa shape index (κ2) is 19.0. The molecule has 0 bridgehead atoms. The van der Waals surface area contributed by atoms with Crippen molar-refractivity contribution in [1.29, 1.82) is 0 Å².